The normalized spacial score (nSPS) is 11.0. The summed E-state index contributed by atoms with van der Waals surface area (Å²) in [4.78, 5) is 16.9. The molecule has 1 amide bonds. The van der Waals surface area contributed by atoms with Gasteiger partial charge in [0.25, 0.3) is 10.0 Å². The van der Waals surface area contributed by atoms with Crippen LogP contribution in [0.5, 0.6) is 5.75 Å². The Balaban J connectivity index is 1.91. The SMILES string of the molecule is COc1ccccc1N(CC(=O)NCc1ccccn1)S(=O)(=O)c1ccc(C)cc1. The highest BCUT2D eigenvalue weighted by atomic mass is 32.2. The fraction of sp³-hybridized carbons (Fsp3) is 0.182. The van der Waals surface area contributed by atoms with Gasteiger partial charge in [0.15, 0.2) is 0 Å². The molecule has 1 N–H and O–H groups in total. The number of ether oxygens (including phenoxy) is 1. The number of benzene rings is 2. The first-order valence-corrected chi connectivity index (χ1v) is 10.7. The van der Waals surface area contributed by atoms with Crippen LogP contribution >= 0.6 is 0 Å². The van der Waals surface area contributed by atoms with Crippen molar-refractivity contribution in [3.05, 3.63) is 84.2 Å². The van der Waals surface area contributed by atoms with Crippen LogP contribution in [0.25, 0.3) is 0 Å². The van der Waals surface area contributed by atoms with Gasteiger partial charge in [0.2, 0.25) is 5.91 Å². The lowest BCUT2D eigenvalue weighted by Crippen LogP contribution is -2.41. The summed E-state index contributed by atoms with van der Waals surface area (Å²) in [5.74, 6) is -0.104. The van der Waals surface area contributed by atoms with Crippen LogP contribution in [0.3, 0.4) is 0 Å². The second-order valence-electron chi connectivity index (χ2n) is 6.59. The van der Waals surface area contributed by atoms with Gasteiger partial charge in [-0.3, -0.25) is 14.1 Å². The molecule has 3 rings (SSSR count). The Morgan fingerprint density at radius 3 is 2.40 bits per heavy atom. The monoisotopic (exact) mass is 425 g/mol. The molecule has 8 heteroatoms. The van der Waals surface area contributed by atoms with Gasteiger partial charge in [-0.25, -0.2) is 8.42 Å². The molecule has 1 aromatic heterocycles. The maximum Gasteiger partial charge on any atom is 0.264 e. The first-order valence-electron chi connectivity index (χ1n) is 9.31. The summed E-state index contributed by atoms with van der Waals surface area (Å²) in [6.45, 7) is 1.67. The number of nitrogens with one attached hydrogen (secondary N) is 1. The van der Waals surface area contributed by atoms with Crippen LogP contribution in [-0.2, 0) is 21.4 Å². The van der Waals surface area contributed by atoms with Crippen LogP contribution in [0.15, 0.2) is 77.8 Å². The highest BCUT2D eigenvalue weighted by molar-refractivity contribution is 7.92. The highest BCUT2D eigenvalue weighted by Gasteiger charge is 2.29. The molecular formula is C22H23N3O4S. The quantitative estimate of drug-likeness (QED) is 0.600. The van der Waals surface area contributed by atoms with Gasteiger partial charge >= 0.3 is 0 Å². The largest absolute Gasteiger partial charge is 0.495 e. The number of methoxy groups -OCH3 is 1. The number of hydrogen-bond donors (Lipinski definition) is 1. The fourth-order valence-electron chi connectivity index (χ4n) is 2.85. The van der Waals surface area contributed by atoms with Gasteiger partial charge in [-0.2, -0.15) is 0 Å². The van der Waals surface area contributed by atoms with E-state index in [-0.39, 0.29) is 17.1 Å². The molecule has 0 aliphatic heterocycles. The topological polar surface area (TPSA) is 88.6 Å². The van der Waals surface area contributed by atoms with Crippen molar-refractivity contribution in [3.8, 4) is 5.75 Å². The third kappa shape index (κ3) is 4.96. The van der Waals surface area contributed by atoms with Gasteiger partial charge in [0.05, 0.1) is 29.9 Å². The van der Waals surface area contributed by atoms with Crippen molar-refractivity contribution in [2.75, 3.05) is 18.0 Å². The molecule has 0 aliphatic carbocycles. The standard InChI is InChI=1S/C22H23N3O4S/c1-17-10-12-19(13-11-17)30(27,28)25(20-8-3-4-9-21(20)29-2)16-22(26)24-15-18-7-5-6-14-23-18/h3-14H,15-16H2,1-2H3,(H,24,26). The van der Waals surface area contributed by atoms with Crippen molar-refractivity contribution in [1.29, 1.82) is 0 Å². The number of hydrogen-bond acceptors (Lipinski definition) is 5. The van der Waals surface area contributed by atoms with Gasteiger partial charge in [-0.1, -0.05) is 35.9 Å². The number of carbonyl (C=O) groups excluding carboxylic acids is 1. The number of para-hydroxylation sites is 2. The van der Waals surface area contributed by atoms with E-state index in [4.69, 9.17) is 4.74 Å². The van der Waals surface area contributed by atoms with E-state index in [1.807, 2.05) is 13.0 Å². The van der Waals surface area contributed by atoms with Crippen LogP contribution in [0.1, 0.15) is 11.3 Å². The van der Waals surface area contributed by atoms with Crippen LogP contribution < -0.4 is 14.4 Å². The average molecular weight is 426 g/mol. The number of pyridine rings is 1. The van der Waals surface area contributed by atoms with E-state index in [1.165, 1.54) is 19.2 Å². The van der Waals surface area contributed by atoms with E-state index in [1.54, 1.807) is 54.7 Å². The van der Waals surface area contributed by atoms with E-state index >= 15 is 0 Å². The Morgan fingerprint density at radius 1 is 1.03 bits per heavy atom. The lowest BCUT2D eigenvalue weighted by atomic mass is 10.2. The number of sulfonamides is 1. The molecule has 0 saturated heterocycles. The molecule has 0 atom stereocenters. The molecule has 0 aliphatic rings. The first kappa shape index (κ1) is 21.3. The molecule has 156 valence electrons. The zero-order chi connectivity index (χ0) is 21.6. The van der Waals surface area contributed by atoms with Gasteiger partial charge in [0.1, 0.15) is 12.3 Å². The van der Waals surface area contributed by atoms with E-state index in [9.17, 15) is 13.2 Å². The smallest absolute Gasteiger partial charge is 0.264 e. The van der Waals surface area contributed by atoms with Crippen LogP contribution in [0.2, 0.25) is 0 Å². The number of anilines is 1. The van der Waals surface area contributed by atoms with E-state index in [0.29, 0.717) is 11.4 Å². The predicted octanol–water partition coefficient (Wildman–Crippen LogP) is 2.91. The van der Waals surface area contributed by atoms with Gasteiger partial charge < -0.3 is 10.1 Å². The van der Waals surface area contributed by atoms with Crippen molar-refractivity contribution in [2.45, 2.75) is 18.4 Å². The first-order chi connectivity index (χ1) is 14.4. The third-order valence-corrected chi connectivity index (χ3v) is 6.22. The Kier molecular flexibility index (Phi) is 6.68. The number of rotatable bonds is 8. The number of carbonyl (C=O) groups is 1. The summed E-state index contributed by atoms with van der Waals surface area (Å²) in [5.41, 5.74) is 1.90. The molecule has 0 spiro atoms. The predicted molar refractivity (Wildman–Crippen MR) is 115 cm³/mol. The van der Waals surface area contributed by atoms with Crippen molar-refractivity contribution >= 4 is 21.6 Å². The summed E-state index contributed by atoms with van der Waals surface area (Å²) >= 11 is 0. The summed E-state index contributed by atoms with van der Waals surface area (Å²) < 4.78 is 33.2. The van der Waals surface area contributed by atoms with E-state index in [2.05, 4.69) is 10.3 Å². The summed E-state index contributed by atoms with van der Waals surface area (Å²) in [6, 6.07) is 18.6. The number of aryl methyl sites for hydroxylation is 1. The molecule has 1 heterocycles. The molecule has 7 nitrogen and oxygen atoms in total. The summed E-state index contributed by atoms with van der Waals surface area (Å²) in [6.07, 6.45) is 1.63. The number of nitrogens with zero attached hydrogens (tertiary/aromatic N) is 2. The molecule has 30 heavy (non-hydrogen) atoms. The van der Waals surface area contributed by atoms with Crippen molar-refractivity contribution < 1.29 is 17.9 Å². The molecule has 0 bridgehead atoms. The lowest BCUT2D eigenvalue weighted by Gasteiger charge is -2.25. The Labute approximate surface area is 176 Å². The Hall–Kier alpha value is -3.39. The maximum absolute atomic E-state index is 13.4. The molecule has 2 aromatic carbocycles. The van der Waals surface area contributed by atoms with E-state index < -0.39 is 22.5 Å². The highest BCUT2D eigenvalue weighted by Crippen LogP contribution is 2.32. The number of amides is 1. The van der Waals surface area contributed by atoms with Crippen LogP contribution in [0, 0.1) is 6.92 Å². The van der Waals surface area contributed by atoms with Crippen LogP contribution in [-0.4, -0.2) is 33.0 Å². The molecule has 0 saturated carbocycles. The zero-order valence-electron chi connectivity index (χ0n) is 16.8. The Bertz CT molecular complexity index is 1100. The fourth-order valence-corrected chi connectivity index (χ4v) is 4.28. The van der Waals surface area contributed by atoms with Gasteiger partial charge in [0, 0.05) is 6.20 Å². The molecule has 0 fully saturated rings. The average Bonchev–Trinajstić information content (AvgIpc) is 2.77. The minimum absolute atomic E-state index is 0.0940. The molecule has 0 radical (unpaired) electrons. The van der Waals surface area contributed by atoms with E-state index in [0.717, 1.165) is 9.87 Å². The minimum atomic E-state index is -4.00. The zero-order valence-corrected chi connectivity index (χ0v) is 17.6. The summed E-state index contributed by atoms with van der Waals surface area (Å²) in [5, 5.41) is 2.72. The van der Waals surface area contributed by atoms with Crippen molar-refractivity contribution in [3.63, 3.8) is 0 Å². The van der Waals surface area contributed by atoms with Gasteiger partial charge in [-0.15, -0.1) is 0 Å². The second kappa shape index (κ2) is 9.41. The van der Waals surface area contributed by atoms with Gasteiger partial charge in [-0.05, 0) is 43.3 Å². The Morgan fingerprint density at radius 2 is 1.73 bits per heavy atom. The maximum atomic E-state index is 13.4. The second-order valence-corrected chi connectivity index (χ2v) is 8.46. The van der Waals surface area contributed by atoms with Crippen molar-refractivity contribution in [1.82, 2.24) is 10.3 Å². The van der Waals surface area contributed by atoms with Crippen molar-refractivity contribution in [2.24, 2.45) is 0 Å². The lowest BCUT2D eigenvalue weighted by molar-refractivity contribution is -0.119. The molecule has 3 aromatic rings. The molecular weight excluding hydrogens is 402 g/mol. The number of aromatic nitrogens is 1. The van der Waals surface area contributed by atoms with Crippen LogP contribution in [0.4, 0.5) is 5.69 Å². The third-order valence-electron chi connectivity index (χ3n) is 4.44. The molecule has 0 unspecified atom stereocenters. The minimum Gasteiger partial charge on any atom is -0.495 e. The summed E-state index contributed by atoms with van der Waals surface area (Å²) in [7, 11) is -2.55.